The molecule has 2 aliphatic heterocycles. The van der Waals surface area contributed by atoms with Gasteiger partial charge in [0.25, 0.3) is 5.91 Å². The maximum Gasteiger partial charge on any atom is 0.258 e. The van der Waals surface area contributed by atoms with Crippen molar-refractivity contribution in [3.8, 4) is 11.5 Å². The molecule has 1 fully saturated rings. The second kappa shape index (κ2) is 6.57. The Morgan fingerprint density at radius 1 is 1.17 bits per heavy atom. The van der Waals surface area contributed by atoms with E-state index in [0.717, 1.165) is 11.3 Å². The maximum atomic E-state index is 13.1. The van der Waals surface area contributed by atoms with Gasteiger partial charge in [0, 0.05) is 17.3 Å². The number of hydrogen-bond acceptors (Lipinski definition) is 4. The van der Waals surface area contributed by atoms with E-state index in [0.29, 0.717) is 41.8 Å². The fourth-order valence-electron chi connectivity index (χ4n) is 3.01. The molecule has 1 amide bonds. The molecule has 0 bridgehead atoms. The lowest BCUT2D eigenvalue weighted by Crippen LogP contribution is -2.31. The molecule has 24 heavy (non-hydrogen) atoms. The van der Waals surface area contributed by atoms with Gasteiger partial charge in [-0.15, -0.1) is 11.8 Å². The van der Waals surface area contributed by atoms with Crippen molar-refractivity contribution < 1.29 is 14.3 Å². The Labute approximate surface area is 149 Å². The highest BCUT2D eigenvalue weighted by atomic mass is 35.5. The molecule has 2 aromatic carbocycles. The number of thioether (sulfide) groups is 1. The maximum absolute atomic E-state index is 13.1. The molecule has 0 saturated carbocycles. The molecule has 124 valence electrons. The largest absolute Gasteiger partial charge is 0.486 e. The standard InChI is InChI=1S/C18H16ClNO3S/c19-13-4-1-3-12(11-13)18-20(7-10-24-18)17(21)14-5-2-6-15-16(14)23-9-8-22-15/h1-6,11,18H,7-10H2. The topological polar surface area (TPSA) is 38.8 Å². The van der Waals surface area contributed by atoms with Gasteiger partial charge in [-0.05, 0) is 29.8 Å². The fourth-order valence-corrected chi connectivity index (χ4v) is 4.46. The summed E-state index contributed by atoms with van der Waals surface area (Å²) in [5.74, 6) is 2.05. The first-order valence-corrected chi connectivity index (χ1v) is 9.23. The normalized spacial score (nSPS) is 19.4. The molecule has 2 heterocycles. The highest BCUT2D eigenvalue weighted by molar-refractivity contribution is 7.99. The zero-order valence-electron chi connectivity index (χ0n) is 12.9. The molecule has 0 radical (unpaired) electrons. The van der Waals surface area contributed by atoms with Crippen LogP contribution in [0, 0.1) is 0 Å². The van der Waals surface area contributed by atoms with Gasteiger partial charge in [-0.25, -0.2) is 0 Å². The highest BCUT2D eigenvalue weighted by Gasteiger charge is 2.33. The Bertz CT molecular complexity index is 783. The van der Waals surface area contributed by atoms with E-state index < -0.39 is 0 Å². The van der Waals surface area contributed by atoms with E-state index in [-0.39, 0.29) is 11.3 Å². The van der Waals surface area contributed by atoms with Crippen molar-refractivity contribution in [3.05, 3.63) is 58.6 Å². The Morgan fingerprint density at radius 3 is 2.88 bits per heavy atom. The average molecular weight is 362 g/mol. The van der Waals surface area contributed by atoms with Crippen molar-refractivity contribution in [3.63, 3.8) is 0 Å². The summed E-state index contributed by atoms with van der Waals surface area (Å²) in [7, 11) is 0. The number of halogens is 1. The molecule has 4 rings (SSSR count). The van der Waals surface area contributed by atoms with E-state index in [9.17, 15) is 4.79 Å². The number of carbonyl (C=O) groups is 1. The lowest BCUT2D eigenvalue weighted by molar-refractivity contribution is 0.0749. The molecule has 2 aliphatic rings. The molecule has 1 atom stereocenters. The third kappa shape index (κ3) is 2.82. The fraction of sp³-hybridized carbons (Fsp3) is 0.278. The van der Waals surface area contributed by atoms with Crippen LogP contribution >= 0.6 is 23.4 Å². The summed E-state index contributed by atoms with van der Waals surface area (Å²) in [6, 6.07) is 13.2. The summed E-state index contributed by atoms with van der Waals surface area (Å²) in [5, 5.41) is 0.651. The van der Waals surface area contributed by atoms with Crippen LogP contribution in [-0.4, -0.2) is 36.3 Å². The highest BCUT2D eigenvalue weighted by Crippen LogP contribution is 2.41. The van der Waals surface area contributed by atoms with Crippen LogP contribution in [0.4, 0.5) is 0 Å². The third-order valence-electron chi connectivity index (χ3n) is 4.08. The Morgan fingerprint density at radius 2 is 2.00 bits per heavy atom. The Kier molecular flexibility index (Phi) is 4.29. The van der Waals surface area contributed by atoms with Crippen LogP contribution in [-0.2, 0) is 0 Å². The van der Waals surface area contributed by atoms with Crippen LogP contribution in [0.15, 0.2) is 42.5 Å². The smallest absolute Gasteiger partial charge is 0.258 e. The minimum atomic E-state index is -0.0349. The predicted molar refractivity (Wildman–Crippen MR) is 95.1 cm³/mol. The molecule has 0 spiro atoms. The van der Waals surface area contributed by atoms with Crippen LogP contribution in [0.1, 0.15) is 21.3 Å². The number of fused-ring (bicyclic) bond motifs is 1. The van der Waals surface area contributed by atoms with E-state index in [4.69, 9.17) is 21.1 Å². The van der Waals surface area contributed by atoms with Crippen LogP contribution in [0.5, 0.6) is 11.5 Å². The number of nitrogens with zero attached hydrogens (tertiary/aromatic N) is 1. The quantitative estimate of drug-likeness (QED) is 0.810. The van der Waals surface area contributed by atoms with E-state index in [1.54, 1.807) is 17.8 Å². The summed E-state index contributed by atoms with van der Waals surface area (Å²) in [4.78, 5) is 15.0. The third-order valence-corrected chi connectivity index (χ3v) is 5.58. The van der Waals surface area contributed by atoms with Crippen molar-refractivity contribution in [1.29, 1.82) is 0 Å². The minimum absolute atomic E-state index is 0.0310. The van der Waals surface area contributed by atoms with Gasteiger partial charge in [0.2, 0.25) is 0 Å². The van der Waals surface area contributed by atoms with Gasteiger partial charge in [-0.3, -0.25) is 4.79 Å². The lowest BCUT2D eigenvalue weighted by atomic mass is 10.1. The van der Waals surface area contributed by atoms with Crippen LogP contribution in [0.25, 0.3) is 0 Å². The molecule has 6 heteroatoms. The Hall–Kier alpha value is -1.85. The summed E-state index contributed by atoms with van der Waals surface area (Å²) >= 11 is 7.86. The van der Waals surface area contributed by atoms with Crippen LogP contribution in [0.3, 0.4) is 0 Å². The second-order valence-corrected chi connectivity index (χ2v) is 7.23. The summed E-state index contributed by atoms with van der Waals surface area (Å²) < 4.78 is 11.3. The number of benzene rings is 2. The van der Waals surface area contributed by atoms with Crippen LogP contribution in [0.2, 0.25) is 5.02 Å². The summed E-state index contributed by atoms with van der Waals surface area (Å²) in [6.45, 7) is 1.67. The van der Waals surface area contributed by atoms with Crippen molar-refractivity contribution in [1.82, 2.24) is 4.90 Å². The van der Waals surface area contributed by atoms with E-state index in [2.05, 4.69) is 0 Å². The van der Waals surface area contributed by atoms with Crippen molar-refractivity contribution >= 4 is 29.3 Å². The average Bonchev–Trinajstić information content (AvgIpc) is 3.10. The minimum Gasteiger partial charge on any atom is -0.486 e. The lowest BCUT2D eigenvalue weighted by Gasteiger charge is -2.27. The molecule has 0 aromatic heterocycles. The number of rotatable bonds is 2. The summed E-state index contributed by atoms with van der Waals surface area (Å²) in [6.07, 6.45) is 0. The van der Waals surface area contributed by atoms with Gasteiger partial charge in [0.1, 0.15) is 18.6 Å². The predicted octanol–water partition coefficient (Wildman–Crippen LogP) is 4.00. The zero-order chi connectivity index (χ0) is 16.5. The molecule has 1 saturated heterocycles. The first-order valence-electron chi connectivity index (χ1n) is 7.81. The van der Waals surface area contributed by atoms with Gasteiger partial charge >= 0.3 is 0 Å². The molecule has 0 aliphatic carbocycles. The van der Waals surface area contributed by atoms with Gasteiger partial charge in [-0.1, -0.05) is 29.8 Å². The first-order chi connectivity index (χ1) is 11.7. The Balaban J connectivity index is 1.67. The molecule has 0 N–H and O–H groups in total. The molecule has 2 aromatic rings. The van der Waals surface area contributed by atoms with Crippen molar-refractivity contribution in [2.45, 2.75) is 5.37 Å². The van der Waals surface area contributed by atoms with E-state index in [1.807, 2.05) is 41.3 Å². The monoisotopic (exact) mass is 361 g/mol. The van der Waals surface area contributed by atoms with Gasteiger partial charge < -0.3 is 14.4 Å². The van der Waals surface area contributed by atoms with Gasteiger partial charge in [-0.2, -0.15) is 0 Å². The first kappa shape index (κ1) is 15.7. The van der Waals surface area contributed by atoms with E-state index in [1.165, 1.54) is 0 Å². The van der Waals surface area contributed by atoms with Gasteiger partial charge in [0.05, 0.1) is 5.56 Å². The molecule has 4 nitrogen and oxygen atoms in total. The zero-order valence-corrected chi connectivity index (χ0v) is 14.5. The summed E-state index contributed by atoms with van der Waals surface area (Å²) in [5.41, 5.74) is 1.60. The number of hydrogen-bond donors (Lipinski definition) is 0. The molecule has 1 unspecified atom stereocenters. The SMILES string of the molecule is O=C(c1cccc2c1OCCO2)N1CCSC1c1cccc(Cl)c1. The number of ether oxygens (including phenoxy) is 2. The van der Waals surface area contributed by atoms with Gasteiger partial charge in [0.15, 0.2) is 11.5 Å². The molecular weight excluding hydrogens is 346 g/mol. The van der Waals surface area contributed by atoms with Crippen LogP contribution < -0.4 is 9.47 Å². The van der Waals surface area contributed by atoms with Crippen molar-refractivity contribution in [2.24, 2.45) is 0 Å². The number of amides is 1. The number of carbonyl (C=O) groups excluding carboxylic acids is 1. The number of para-hydroxylation sites is 1. The molecular formula is C18H16ClNO3S. The second-order valence-electron chi connectivity index (χ2n) is 5.61. The van der Waals surface area contributed by atoms with E-state index >= 15 is 0 Å². The van der Waals surface area contributed by atoms with Crippen molar-refractivity contribution in [2.75, 3.05) is 25.5 Å².